The fourth-order valence-corrected chi connectivity index (χ4v) is 4.43. The summed E-state index contributed by atoms with van der Waals surface area (Å²) in [6, 6.07) is 5.35. The quantitative estimate of drug-likeness (QED) is 0.841. The Morgan fingerprint density at radius 1 is 1.28 bits per heavy atom. The number of anilines is 1. The van der Waals surface area contributed by atoms with Gasteiger partial charge in [0.15, 0.2) is 0 Å². The van der Waals surface area contributed by atoms with E-state index in [4.69, 9.17) is 11.6 Å². The zero-order chi connectivity index (χ0) is 17.6. The Kier molecular flexibility index (Phi) is 6.62. The van der Waals surface area contributed by atoms with Gasteiger partial charge in [0.2, 0.25) is 5.91 Å². The van der Waals surface area contributed by atoms with Crippen molar-refractivity contribution in [3.8, 4) is 0 Å². The van der Waals surface area contributed by atoms with E-state index in [0.717, 1.165) is 44.0 Å². The van der Waals surface area contributed by atoms with Crippen molar-refractivity contribution in [2.45, 2.75) is 31.7 Å². The number of carbonyl (C=O) groups excluding carboxylic acids is 2. The Hall–Kier alpha value is -1.24. The molecule has 2 aliphatic heterocycles. The van der Waals surface area contributed by atoms with Gasteiger partial charge in [-0.2, -0.15) is 11.8 Å². The lowest BCUT2D eigenvalue weighted by Gasteiger charge is -2.27. The molecule has 136 valence electrons. The van der Waals surface area contributed by atoms with Gasteiger partial charge < -0.3 is 15.5 Å². The molecule has 2 fully saturated rings. The van der Waals surface area contributed by atoms with E-state index in [1.807, 2.05) is 16.7 Å². The lowest BCUT2D eigenvalue weighted by molar-refractivity contribution is -0.116. The molecule has 2 amide bonds. The van der Waals surface area contributed by atoms with Gasteiger partial charge in [-0.3, -0.25) is 9.59 Å². The van der Waals surface area contributed by atoms with Crippen LogP contribution < -0.4 is 10.6 Å². The molecule has 1 aromatic carbocycles. The highest BCUT2D eigenvalue weighted by Crippen LogP contribution is 2.24. The minimum atomic E-state index is -0.0360. The van der Waals surface area contributed by atoms with Crippen LogP contribution >= 0.6 is 23.4 Å². The SMILES string of the molecule is O=C(CC1CSCCN1)Nc1ccc(C(=O)N2CCCCC2)c(Cl)c1. The highest BCUT2D eigenvalue weighted by Gasteiger charge is 2.21. The van der Waals surface area contributed by atoms with Crippen LogP contribution in [0.2, 0.25) is 5.02 Å². The van der Waals surface area contributed by atoms with E-state index in [1.165, 1.54) is 6.42 Å². The summed E-state index contributed by atoms with van der Waals surface area (Å²) >= 11 is 8.17. The van der Waals surface area contributed by atoms with Crippen molar-refractivity contribution in [3.05, 3.63) is 28.8 Å². The predicted octanol–water partition coefficient (Wildman–Crippen LogP) is 3.00. The molecule has 1 unspecified atom stereocenters. The number of nitrogens with zero attached hydrogens (tertiary/aromatic N) is 1. The number of hydrogen-bond acceptors (Lipinski definition) is 4. The first kappa shape index (κ1) is 18.5. The van der Waals surface area contributed by atoms with E-state index in [1.54, 1.807) is 18.2 Å². The molecule has 2 aliphatic rings. The third-order valence-electron chi connectivity index (χ3n) is 4.56. The molecule has 1 aromatic rings. The van der Waals surface area contributed by atoms with Crippen LogP contribution in [0.5, 0.6) is 0 Å². The standard InChI is InChI=1S/C18H24ClN3O2S/c19-16-10-13(21-17(23)11-14-12-25-9-6-20-14)4-5-15(16)18(24)22-7-2-1-3-8-22/h4-5,10,14,20H,1-3,6-9,11-12H2,(H,21,23). The monoisotopic (exact) mass is 381 g/mol. The van der Waals surface area contributed by atoms with Crippen LogP contribution in [0.25, 0.3) is 0 Å². The number of likely N-dealkylation sites (tertiary alicyclic amines) is 1. The van der Waals surface area contributed by atoms with Crippen LogP contribution in [-0.4, -0.2) is 53.9 Å². The van der Waals surface area contributed by atoms with Crippen LogP contribution in [0.4, 0.5) is 5.69 Å². The number of nitrogens with one attached hydrogen (secondary N) is 2. The lowest BCUT2D eigenvalue weighted by atomic mass is 10.1. The van der Waals surface area contributed by atoms with Gasteiger partial charge in [0, 0.05) is 49.3 Å². The molecule has 2 saturated heterocycles. The van der Waals surface area contributed by atoms with Crippen LogP contribution in [-0.2, 0) is 4.79 Å². The molecule has 1 atom stereocenters. The largest absolute Gasteiger partial charge is 0.339 e. The number of piperidine rings is 1. The molecule has 0 aromatic heterocycles. The fraction of sp³-hybridized carbons (Fsp3) is 0.556. The van der Waals surface area contributed by atoms with Gasteiger partial charge in [-0.05, 0) is 37.5 Å². The zero-order valence-corrected chi connectivity index (χ0v) is 15.8. The molecule has 5 nitrogen and oxygen atoms in total. The smallest absolute Gasteiger partial charge is 0.255 e. The molecule has 0 spiro atoms. The summed E-state index contributed by atoms with van der Waals surface area (Å²) in [5.41, 5.74) is 1.14. The van der Waals surface area contributed by atoms with E-state index in [0.29, 0.717) is 22.7 Å². The average Bonchev–Trinajstić information content (AvgIpc) is 2.63. The average molecular weight is 382 g/mol. The van der Waals surface area contributed by atoms with Crippen molar-refractivity contribution in [2.24, 2.45) is 0 Å². The number of halogens is 1. The summed E-state index contributed by atoms with van der Waals surface area (Å²) in [6.45, 7) is 2.53. The topological polar surface area (TPSA) is 61.4 Å². The second-order valence-corrected chi connectivity index (χ2v) is 8.08. The third kappa shape index (κ3) is 5.12. The first-order valence-electron chi connectivity index (χ1n) is 8.83. The molecule has 2 N–H and O–H groups in total. The van der Waals surface area contributed by atoms with Crippen molar-refractivity contribution >= 4 is 40.9 Å². The van der Waals surface area contributed by atoms with Crippen LogP contribution in [0.1, 0.15) is 36.0 Å². The van der Waals surface area contributed by atoms with Crippen molar-refractivity contribution in [2.75, 3.05) is 36.5 Å². The Labute approximate surface area is 157 Å². The molecule has 0 aliphatic carbocycles. The van der Waals surface area contributed by atoms with Crippen molar-refractivity contribution in [1.82, 2.24) is 10.2 Å². The van der Waals surface area contributed by atoms with Gasteiger partial charge in [0.1, 0.15) is 0 Å². The van der Waals surface area contributed by atoms with E-state index in [9.17, 15) is 9.59 Å². The maximum Gasteiger partial charge on any atom is 0.255 e. The maximum absolute atomic E-state index is 12.6. The third-order valence-corrected chi connectivity index (χ3v) is 6.00. The first-order valence-corrected chi connectivity index (χ1v) is 10.4. The second-order valence-electron chi connectivity index (χ2n) is 6.53. The predicted molar refractivity (Wildman–Crippen MR) is 104 cm³/mol. The normalized spacial score (nSPS) is 21.0. The summed E-state index contributed by atoms with van der Waals surface area (Å²) in [5.74, 6) is 2.00. The molecule has 0 saturated carbocycles. The van der Waals surface area contributed by atoms with E-state index in [2.05, 4.69) is 10.6 Å². The van der Waals surface area contributed by atoms with Gasteiger partial charge in [0.25, 0.3) is 5.91 Å². The summed E-state index contributed by atoms with van der Waals surface area (Å²) in [4.78, 5) is 26.6. The van der Waals surface area contributed by atoms with Crippen LogP contribution in [0.3, 0.4) is 0 Å². The van der Waals surface area contributed by atoms with Crippen molar-refractivity contribution < 1.29 is 9.59 Å². The van der Waals surface area contributed by atoms with Crippen LogP contribution in [0, 0.1) is 0 Å². The van der Waals surface area contributed by atoms with E-state index in [-0.39, 0.29) is 17.9 Å². The molecule has 2 heterocycles. The van der Waals surface area contributed by atoms with E-state index < -0.39 is 0 Å². The first-order chi connectivity index (χ1) is 12.1. The maximum atomic E-state index is 12.6. The summed E-state index contributed by atoms with van der Waals surface area (Å²) in [5, 5.41) is 6.62. The highest BCUT2D eigenvalue weighted by atomic mass is 35.5. The van der Waals surface area contributed by atoms with Gasteiger partial charge in [-0.1, -0.05) is 11.6 Å². The highest BCUT2D eigenvalue weighted by molar-refractivity contribution is 7.99. The molecular weight excluding hydrogens is 358 g/mol. The van der Waals surface area contributed by atoms with Crippen LogP contribution in [0.15, 0.2) is 18.2 Å². The fourth-order valence-electron chi connectivity index (χ4n) is 3.22. The Balaban J connectivity index is 1.59. The van der Waals surface area contributed by atoms with Crippen molar-refractivity contribution in [3.63, 3.8) is 0 Å². The molecule has 7 heteroatoms. The number of hydrogen-bond donors (Lipinski definition) is 2. The lowest BCUT2D eigenvalue weighted by Crippen LogP contribution is -2.39. The molecule has 0 radical (unpaired) electrons. The minimum absolute atomic E-state index is 0.0222. The number of carbonyl (C=O) groups is 2. The minimum Gasteiger partial charge on any atom is -0.339 e. The zero-order valence-electron chi connectivity index (χ0n) is 14.2. The van der Waals surface area contributed by atoms with Gasteiger partial charge in [-0.15, -0.1) is 0 Å². The van der Waals surface area contributed by atoms with Gasteiger partial charge in [-0.25, -0.2) is 0 Å². The van der Waals surface area contributed by atoms with Gasteiger partial charge in [0.05, 0.1) is 10.6 Å². The summed E-state index contributed by atoms with van der Waals surface area (Å²) in [7, 11) is 0. The Morgan fingerprint density at radius 3 is 2.76 bits per heavy atom. The number of benzene rings is 1. The Bertz CT molecular complexity index is 629. The summed E-state index contributed by atoms with van der Waals surface area (Å²) in [6.07, 6.45) is 3.71. The summed E-state index contributed by atoms with van der Waals surface area (Å²) < 4.78 is 0. The van der Waals surface area contributed by atoms with Crippen molar-refractivity contribution in [1.29, 1.82) is 0 Å². The van der Waals surface area contributed by atoms with E-state index >= 15 is 0 Å². The number of rotatable bonds is 4. The molecule has 25 heavy (non-hydrogen) atoms. The second kappa shape index (κ2) is 8.92. The number of thioether (sulfide) groups is 1. The Morgan fingerprint density at radius 2 is 2.08 bits per heavy atom. The molecule has 0 bridgehead atoms. The van der Waals surface area contributed by atoms with Gasteiger partial charge >= 0.3 is 0 Å². The number of amides is 2. The molecule has 3 rings (SSSR count). The molecular formula is C18H24ClN3O2S.